The van der Waals surface area contributed by atoms with E-state index in [9.17, 15) is 4.79 Å². The smallest absolute Gasteiger partial charge is 0.229 e. The Morgan fingerprint density at radius 1 is 1.33 bits per heavy atom. The van der Waals surface area contributed by atoms with Crippen LogP contribution in [0.4, 0.5) is 11.5 Å². The number of anilines is 2. The van der Waals surface area contributed by atoms with Gasteiger partial charge in [0, 0.05) is 29.4 Å². The summed E-state index contributed by atoms with van der Waals surface area (Å²) >= 11 is 1.72. The highest BCUT2D eigenvalue weighted by molar-refractivity contribution is 7.17. The first-order valence-corrected chi connectivity index (χ1v) is 10.1. The molecule has 0 bridgehead atoms. The molecule has 0 spiro atoms. The number of fused-ring (bicyclic) bond motifs is 1. The number of thiophene rings is 1. The Labute approximate surface area is 163 Å². The fourth-order valence-electron chi connectivity index (χ4n) is 3.67. The van der Waals surface area contributed by atoms with Crippen molar-refractivity contribution in [3.8, 4) is 5.75 Å². The molecular weight excluding hydrogens is 358 g/mol. The Kier molecular flexibility index (Phi) is 4.99. The zero-order valence-electron chi connectivity index (χ0n) is 15.6. The quantitative estimate of drug-likeness (QED) is 0.724. The van der Waals surface area contributed by atoms with E-state index in [1.54, 1.807) is 18.4 Å². The molecule has 2 aromatic heterocycles. The van der Waals surface area contributed by atoms with Gasteiger partial charge in [-0.3, -0.25) is 4.79 Å². The Morgan fingerprint density at radius 2 is 2.22 bits per heavy atom. The predicted molar refractivity (Wildman–Crippen MR) is 111 cm³/mol. The average molecular weight is 382 g/mol. The maximum absolute atomic E-state index is 12.9. The van der Waals surface area contributed by atoms with Crippen LogP contribution in [0.5, 0.6) is 5.75 Å². The lowest BCUT2D eigenvalue weighted by molar-refractivity contribution is -0.120. The second-order valence-corrected chi connectivity index (χ2v) is 7.89. The van der Waals surface area contributed by atoms with Crippen molar-refractivity contribution in [3.05, 3.63) is 47.5 Å². The molecule has 1 atom stereocenters. The van der Waals surface area contributed by atoms with Gasteiger partial charge >= 0.3 is 0 Å². The molecule has 5 nitrogen and oxygen atoms in total. The lowest BCUT2D eigenvalue weighted by atomic mass is 9.96. The molecule has 4 rings (SSSR count). The van der Waals surface area contributed by atoms with Gasteiger partial charge in [-0.1, -0.05) is 6.07 Å². The fourth-order valence-corrected chi connectivity index (χ4v) is 4.45. The van der Waals surface area contributed by atoms with E-state index in [2.05, 4.69) is 26.6 Å². The van der Waals surface area contributed by atoms with Crippen molar-refractivity contribution in [2.24, 2.45) is 5.92 Å². The maximum atomic E-state index is 12.9. The standard InChI is InChI=1S/C21H23N3O2S/c1-14-5-6-18(26-2)17(12-14)23-21(25)15-4-3-10-24(13-15)20-16-8-11-27-19(16)7-9-22-20/h5-9,11-12,15H,3-4,10,13H2,1-2H3,(H,23,25)/t15-/m1/s1. The summed E-state index contributed by atoms with van der Waals surface area (Å²) in [6, 6.07) is 9.97. The Hall–Kier alpha value is -2.60. The van der Waals surface area contributed by atoms with E-state index in [1.165, 1.54) is 10.1 Å². The van der Waals surface area contributed by atoms with Crippen molar-refractivity contribution in [2.75, 3.05) is 30.4 Å². The first kappa shape index (κ1) is 17.8. The van der Waals surface area contributed by atoms with Gasteiger partial charge in [-0.25, -0.2) is 4.98 Å². The molecule has 3 aromatic rings. The molecule has 6 heteroatoms. The number of aryl methyl sites for hydroxylation is 1. The molecule has 0 saturated carbocycles. The van der Waals surface area contributed by atoms with Gasteiger partial charge in [0.05, 0.1) is 18.7 Å². The molecule has 1 amide bonds. The van der Waals surface area contributed by atoms with Crippen molar-refractivity contribution in [1.29, 1.82) is 0 Å². The van der Waals surface area contributed by atoms with Crippen LogP contribution in [0, 0.1) is 12.8 Å². The van der Waals surface area contributed by atoms with Crippen LogP contribution in [-0.4, -0.2) is 31.1 Å². The van der Waals surface area contributed by atoms with Crippen molar-refractivity contribution < 1.29 is 9.53 Å². The number of pyridine rings is 1. The summed E-state index contributed by atoms with van der Waals surface area (Å²) in [5.41, 5.74) is 1.82. The van der Waals surface area contributed by atoms with E-state index >= 15 is 0 Å². The summed E-state index contributed by atoms with van der Waals surface area (Å²) < 4.78 is 6.62. The molecule has 1 saturated heterocycles. The van der Waals surface area contributed by atoms with Gasteiger partial charge in [-0.15, -0.1) is 11.3 Å². The lowest BCUT2D eigenvalue weighted by Crippen LogP contribution is -2.41. The third kappa shape index (κ3) is 3.62. The van der Waals surface area contributed by atoms with Gasteiger partial charge < -0.3 is 15.0 Å². The zero-order valence-corrected chi connectivity index (χ0v) is 16.4. The van der Waals surface area contributed by atoms with E-state index in [-0.39, 0.29) is 11.8 Å². The summed E-state index contributed by atoms with van der Waals surface area (Å²) in [5, 5.41) is 6.33. The molecule has 3 heterocycles. The molecule has 0 radical (unpaired) electrons. The van der Waals surface area contributed by atoms with Crippen LogP contribution in [-0.2, 0) is 4.79 Å². The monoisotopic (exact) mass is 381 g/mol. The maximum Gasteiger partial charge on any atom is 0.229 e. The third-order valence-electron chi connectivity index (χ3n) is 5.06. The second-order valence-electron chi connectivity index (χ2n) is 6.95. The number of rotatable bonds is 4. The van der Waals surface area contributed by atoms with Crippen LogP contribution >= 0.6 is 11.3 Å². The molecule has 1 aromatic carbocycles. The lowest BCUT2D eigenvalue weighted by Gasteiger charge is -2.33. The van der Waals surface area contributed by atoms with Crippen molar-refractivity contribution in [1.82, 2.24) is 4.98 Å². The van der Waals surface area contributed by atoms with E-state index in [0.29, 0.717) is 12.3 Å². The number of ether oxygens (including phenoxy) is 1. The predicted octanol–water partition coefficient (Wildman–Crippen LogP) is 4.47. The second kappa shape index (κ2) is 7.56. The first-order chi connectivity index (χ1) is 13.2. The molecule has 1 aliphatic heterocycles. The number of nitrogens with zero attached hydrogens (tertiary/aromatic N) is 2. The minimum Gasteiger partial charge on any atom is -0.495 e. The van der Waals surface area contributed by atoms with E-state index in [0.717, 1.165) is 36.5 Å². The van der Waals surface area contributed by atoms with E-state index in [1.807, 2.05) is 37.4 Å². The Balaban J connectivity index is 1.52. The number of benzene rings is 1. The number of nitrogens with one attached hydrogen (secondary N) is 1. The normalized spacial score (nSPS) is 17.1. The fraction of sp³-hybridized carbons (Fsp3) is 0.333. The minimum atomic E-state index is -0.0698. The number of carbonyl (C=O) groups excluding carboxylic acids is 1. The van der Waals surface area contributed by atoms with Gasteiger partial charge in [0.15, 0.2) is 0 Å². The van der Waals surface area contributed by atoms with Crippen LogP contribution in [0.1, 0.15) is 18.4 Å². The SMILES string of the molecule is COc1ccc(C)cc1NC(=O)[C@@H]1CCCN(c2nccc3sccc23)C1. The summed E-state index contributed by atoms with van der Waals surface area (Å²) in [6.45, 7) is 3.62. The summed E-state index contributed by atoms with van der Waals surface area (Å²) in [6.07, 6.45) is 3.72. The van der Waals surface area contributed by atoms with Gasteiger partial charge in [-0.05, 0) is 55.0 Å². The highest BCUT2D eigenvalue weighted by Gasteiger charge is 2.28. The van der Waals surface area contributed by atoms with Crippen LogP contribution in [0.3, 0.4) is 0 Å². The largest absolute Gasteiger partial charge is 0.495 e. The van der Waals surface area contributed by atoms with E-state index in [4.69, 9.17) is 4.74 Å². The Bertz CT molecular complexity index is 969. The molecule has 0 unspecified atom stereocenters. The highest BCUT2D eigenvalue weighted by atomic mass is 32.1. The summed E-state index contributed by atoms with van der Waals surface area (Å²) in [7, 11) is 1.62. The minimum absolute atomic E-state index is 0.0427. The molecule has 140 valence electrons. The number of methoxy groups -OCH3 is 1. The number of piperidine rings is 1. The molecular formula is C21H23N3O2S. The number of hydrogen-bond acceptors (Lipinski definition) is 5. The van der Waals surface area contributed by atoms with Crippen LogP contribution in [0.2, 0.25) is 0 Å². The van der Waals surface area contributed by atoms with E-state index < -0.39 is 0 Å². The number of carbonyl (C=O) groups is 1. The average Bonchev–Trinajstić information content (AvgIpc) is 3.17. The van der Waals surface area contributed by atoms with Gasteiger partial charge in [0.1, 0.15) is 11.6 Å². The molecule has 1 N–H and O–H groups in total. The van der Waals surface area contributed by atoms with Gasteiger partial charge in [0.25, 0.3) is 0 Å². The molecule has 1 fully saturated rings. The zero-order chi connectivity index (χ0) is 18.8. The summed E-state index contributed by atoms with van der Waals surface area (Å²) in [5.74, 6) is 1.64. The van der Waals surface area contributed by atoms with Crippen molar-refractivity contribution >= 4 is 38.8 Å². The van der Waals surface area contributed by atoms with Gasteiger partial charge in [0.2, 0.25) is 5.91 Å². The number of amides is 1. The third-order valence-corrected chi connectivity index (χ3v) is 5.95. The first-order valence-electron chi connectivity index (χ1n) is 9.18. The number of aromatic nitrogens is 1. The van der Waals surface area contributed by atoms with Crippen molar-refractivity contribution in [2.45, 2.75) is 19.8 Å². The number of hydrogen-bond donors (Lipinski definition) is 1. The van der Waals surface area contributed by atoms with Crippen LogP contribution in [0.25, 0.3) is 10.1 Å². The van der Waals surface area contributed by atoms with Gasteiger partial charge in [-0.2, -0.15) is 0 Å². The van der Waals surface area contributed by atoms with Crippen LogP contribution < -0.4 is 15.0 Å². The highest BCUT2D eigenvalue weighted by Crippen LogP contribution is 2.32. The summed E-state index contributed by atoms with van der Waals surface area (Å²) in [4.78, 5) is 19.8. The topological polar surface area (TPSA) is 54.5 Å². The molecule has 1 aliphatic rings. The molecule has 0 aliphatic carbocycles. The Morgan fingerprint density at radius 3 is 3.07 bits per heavy atom. The van der Waals surface area contributed by atoms with Crippen LogP contribution in [0.15, 0.2) is 41.9 Å². The molecule has 27 heavy (non-hydrogen) atoms. The van der Waals surface area contributed by atoms with Crippen molar-refractivity contribution in [3.63, 3.8) is 0 Å².